The fourth-order valence-electron chi connectivity index (χ4n) is 5.16. The molecule has 2 aromatic carbocycles. The monoisotopic (exact) mass is 615 g/mol. The lowest BCUT2D eigenvalue weighted by molar-refractivity contribution is -0.0292. The van der Waals surface area contributed by atoms with Gasteiger partial charge in [0.2, 0.25) is 0 Å². The van der Waals surface area contributed by atoms with Gasteiger partial charge in [-0.05, 0) is 71.2 Å². The normalized spacial score (nSPS) is 22.0. The molecule has 2 aromatic heterocycles. The van der Waals surface area contributed by atoms with Crippen molar-refractivity contribution in [1.29, 1.82) is 10.5 Å². The highest BCUT2D eigenvalue weighted by Crippen LogP contribution is 2.29. The van der Waals surface area contributed by atoms with Gasteiger partial charge in [0.15, 0.2) is 0 Å². The zero-order valence-corrected chi connectivity index (χ0v) is 25.4. The first-order valence-corrected chi connectivity index (χ1v) is 14.6. The molecule has 41 heavy (non-hydrogen) atoms. The van der Waals surface area contributed by atoms with E-state index in [9.17, 15) is 5.26 Å². The maximum atomic E-state index is 9.18. The van der Waals surface area contributed by atoms with Gasteiger partial charge in [0.05, 0.1) is 46.6 Å². The predicted octanol–water partition coefficient (Wildman–Crippen LogP) is 6.34. The molecule has 9 nitrogen and oxygen atoms in total. The maximum absolute atomic E-state index is 9.18. The van der Waals surface area contributed by atoms with Crippen LogP contribution < -0.4 is 4.90 Å². The van der Waals surface area contributed by atoms with E-state index in [1.165, 1.54) is 31.9 Å². The number of benzene rings is 2. The lowest BCUT2D eigenvalue weighted by atomic mass is 10.1. The summed E-state index contributed by atoms with van der Waals surface area (Å²) in [5.74, 6) is 0. The number of hydrogen-bond acceptors (Lipinski definition) is 9. The second-order valence-corrected chi connectivity index (χ2v) is 11.2. The molecule has 0 bridgehead atoms. The van der Waals surface area contributed by atoms with Crippen LogP contribution in [0.2, 0.25) is 0 Å². The molecule has 0 amide bonds. The van der Waals surface area contributed by atoms with Gasteiger partial charge in [-0.3, -0.25) is 0 Å². The van der Waals surface area contributed by atoms with Crippen molar-refractivity contribution in [1.82, 2.24) is 19.9 Å². The van der Waals surface area contributed by atoms with E-state index in [2.05, 4.69) is 80.6 Å². The van der Waals surface area contributed by atoms with Crippen molar-refractivity contribution in [3.63, 3.8) is 0 Å². The van der Waals surface area contributed by atoms with Gasteiger partial charge >= 0.3 is 0 Å². The standard InChI is InChI=1S/C15H16N4O.C9H4BrN3.C7H14O/c1-10-7-19(8-11(2)20-10)14-4-3-12(5-16)15-13(14)6-17-9-18-15;10-8-2-1-6(3-11)9-7(8)4-12-5-13-9;1-6-4-3-5-7(2)8-6/h3-4,6,9-11H,7-8H2,1-2H3;1-2,4-5H;6-7H,3-5H2,1-2H3. The lowest BCUT2D eigenvalue weighted by Crippen LogP contribution is -2.45. The summed E-state index contributed by atoms with van der Waals surface area (Å²) in [5, 5.41) is 19.8. The Labute approximate surface area is 249 Å². The number of hydrogen-bond donors (Lipinski definition) is 0. The number of nitriles is 2. The van der Waals surface area contributed by atoms with E-state index in [0.29, 0.717) is 34.4 Å². The summed E-state index contributed by atoms with van der Waals surface area (Å²) in [4.78, 5) is 18.6. The van der Waals surface area contributed by atoms with Crippen molar-refractivity contribution in [3.05, 3.63) is 64.9 Å². The minimum absolute atomic E-state index is 0.189. The average Bonchev–Trinajstić information content (AvgIpc) is 2.97. The Bertz CT molecular complexity index is 1550. The SMILES string of the molecule is CC1CCCC(C)O1.CC1CN(c2ccc(C#N)c3ncncc23)CC(C)O1.N#Cc1ccc(Br)c2cncnc12. The number of morpholine rings is 1. The average molecular weight is 617 g/mol. The van der Waals surface area contributed by atoms with Crippen LogP contribution in [-0.4, -0.2) is 57.4 Å². The molecule has 0 saturated carbocycles. The van der Waals surface area contributed by atoms with Crippen LogP contribution in [0.4, 0.5) is 5.69 Å². The number of ether oxygens (including phenoxy) is 2. The van der Waals surface area contributed by atoms with Gasteiger partial charge in [0, 0.05) is 46.4 Å². The lowest BCUT2D eigenvalue weighted by Gasteiger charge is -2.37. The molecule has 4 unspecified atom stereocenters. The van der Waals surface area contributed by atoms with E-state index in [-0.39, 0.29) is 12.2 Å². The Morgan fingerprint density at radius 2 is 1.27 bits per heavy atom. The summed E-state index contributed by atoms with van der Waals surface area (Å²) in [6, 6.07) is 11.6. The van der Waals surface area contributed by atoms with Gasteiger partial charge in [0.1, 0.15) is 24.8 Å². The molecular formula is C31H34BrN7O2. The van der Waals surface area contributed by atoms with Crippen molar-refractivity contribution in [2.24, 2.45) is 0 Å². The fourth-order valence-corrected chi connectivity index (χ4v) is 5.59. The number of rotatable bonds is 1. The molecule has 0 aliphatic carbocycles. The zero-order valence-electron chi connectivity index (χ0n) is 23.8. The van der Waals surface area contributed by atoms with E-state index < -0.39 is 0 Å². The van der Waals surface area contributed by atoms with Crippen molar-refractivity contribution in [2.75, 3.05) is 18.0 Å². The van der Waals surface area contributed by atoms with Gasteiger partial charge in [0.25, 0.3) is 0 Å². The van der Waals surface area contributed by atoms with Gasteiger partial charge in [-0.25, -0.2) is 19.9 Å². The smallest absolute Gasteiger partial charge is 0.116 e. The second kappa shape index (κ2) is 14.3. The maximum Gasteiger partial charge on any atom is 0.116 e. The molecule has 6 rings (SSSR count). The molecule has 0 radical (unpaired) electrons. The van der Waals surface area contributed by atoms with E-state index in [4.69, 9.17) is 14.7 Å². The molecule has 2 aliphatic heterocycles. The van der Waals surface area contributed by atoms with E-state index >= 15 is 0 Å². The Kier molecular flexibility index (Phi) is 10.5. The van der Waals surface area contributed by atoms with Gasteiger partial charge in [-0.2, -0.15) is 10.5 Å². The summed E-state index contributed by atoms with van der Waals surface area (Å²) in [7, 11) is 0. The third-order valence-corrected chi connectivity index (χ3v) is 7.65. The molecule has 2 fully saturated rings. The molecule has 4 aromatic rings. The molecule has 4 atom stereocenters. The van der Waals surface area contributed by atoms with Crippen molar-refractivity contribution in [2.45, 2.75) is 71.4 Å². The largest absolute Gasteiger partial charge is 0.376 e. The van der Waals surface area contributed by atoms with Crippen LogP contribution in [0.15, 0.2) is 53.8 Å². The van der Waals surface area contributed by atoms with Crippen molar-refractivity contribution < 1.29 is 9.47 Å². The first-order valence-electron chi connectivity index (χ1n) is 13.8. The van der Waals surface area contributed by atoms with E-state index in [1.807, 2.05) is 18.2 Å². The van der Waals surface area contributed by atoms with Crippen LogP contribution in [-0.2, 0) is 9.47 Å². The Hall–Kier alpha value is -3.70. The van der Waals surface area contributed by atoms with Gasteiger partial charge < -0.3 is 14.4 Å². The van der Waals surface area contributed by atoms with E-state index in [0.717, 1.165) is 34.0 Å². The number of fused-ring (bicyclic) bond motifs is 2. The Balaban J connectivity index is 0.000000158. The minimum Gasteiger partial charge on any atom is -0.376 e. The first-order chi connectivity index (χ1) is 19.8. The first kappa shape index (κ1) is 30.3. The molecule has 0 spiro atoms. The molecule has 2 saturated heterocycles. The predicted molar refractivity (Wildman–Crippen MR) is 162 cm³/mol. The van der Waals surface area contributed by atoms with Crippen molar-refractivity contribution >= 4 is 43.4 Å². The minimum atomic E-state index is 0.189. The number of halogens is 1. The zero-order chi connectivity index (χ0) is 29.4. The molecular weight excluding hydrogens is 582 g/mol. The third-order valence-electron chi connectivity index (χ3n) is 6.96. The topological polar surface area (TPSA) is 121 Å². The fraction of sp³-hybridized carbons (Fsp3) is 0.419. The van der Waals surface area contributed by atoms with E-state index in [1.54, 1.807) is 18.5 Å². The van der Waals surface area contributed by atoms with Crippen LogP contribution in [0, 0.1) is 22.7 Å². The Morgan fingerprint density at radius 3 is 1.80 bits per heavy atom. The third kappa shape index (κ3) is 7.74. The molecule has 212 valence electrons. The number of nitrogens with zero attached hydrogens (tertiary/aromatic N) is 7. The highest BCUT2D eigenvalue weighted by atomic mass is 79.9. The van der Waals surface area contributed by atoms with Gasteiger partial charge in [-0.15, -0.1) is 0 Å². The second-order valence-electron chi connectivity index (χ2n) is 10.4. The summed E-state index contributed by atoms with van der Waals surface area (Å²) >= 11 is 3.37. The quantitative estimate of drug-likeness (QED) is 0.241. The van der Waals surface area contributed by atoms with Gasteiger partial charge in [-0.1, -0.05) is 15.9 Å². The van der Waals surface area contributed by atoms with Crippen LogP contribution in [0.25, 0.3) is 21.8 Å². The highest BCUT2D eigenvalue weighted by molar-refractivity contribution is 9.10. The molecule has 2 aliphatic rings. The number of aromatic nitrogens is 4. The molecule has 10 heteroatoms. The van der Waals surface area contributed by atoms with Crippen LogP contribution in [0.1, 0.15) is 58.1 Å². The molecule has 0 N–H and O–H groups in total. The number of anilines is 1. The van der Waals surface area contributed by atoms with Crippen LogP contribution in [0.5, 0.6) is 0 Å². The highest BCUT2D eigenvalue weighted by Gasteiger charge is 2.24. The summed E-state index contributed by atoms with van der Waals surface area (Å²) in [5.41, 5.74) is 3.63. The van der Waals surface area contributed by atoms with Crippen molar-refractivity contribution in [3.8, 4) is 12.1 Å². The summed E-state index contributed by atoms with van der Waals surface area (Å²) in [6.45, 7) is 10.1. The van der Waals surface area contributed by atoms with Crippen LogP contribution >= 0.6 is 15.9 Å². The van der Waals surface area contributed by atoms with Crippen LogP contribution in [0.3, 0.4) is 0 Å². The molecule has 4 heterocycles. The summed E-state index contributed by atoms with van der Waals surface area (Å²) < 4.78 is 12.2. The Morgan fingerprint density at radius 1 is 0.756 bits per heavy atom. The summed E-state index contributed by atoms with van der Waals surface area (Å²) in [6.07, 6.45) is 11.7.